The number of ether oxygens (including phenoxy) is 1. The molecule has 0 atom stereocenters. The maximum atomic E-state index is 5.70. The minimum Gasteiger partial charge on any atom is -0.492 e. The van der Waals surface area contributed by atoms with E-state index in [2.05, 4.69) is 30.3 Å². The van der Waals surface area contributed by atoms with Gasteiger partial charge in [0.1, 0.15) is 12.4 Å². The monoisotopic (exact) mass is 244 g/mol. The summed E-state index contributed by atoms with van der Waals surface area (Å²) in [6.07, 6.45) is 0.962. The fraction of sp³-hybridized carbons (Fsp3) is 0.200. The van der Waals surface area contributed by atoms with Crippen LogP contribution in [0.5, 0.6) is 5.75 Å². The molecule has 0 unspecified atom stereocenters. The van der Waals surface area contributed by atoms with E-state index in [-0.39, 0.29) is 0 Å². The van der Waals surface area contributed by atoms with Crippen molar-refractivity contribution < 1.29 is 4.74 Å². The standard InChI is InChI=1S/C15H13ClO/c16-8-9-17-15-7-3-6-13-12-5-2-1-4-11(12)10-14(13)15/h1-7H,8-10H2. The SMILES string of the molecule is ClCCOc1cccc2c1Cc1ccccc1-2. The first-order valence-electron chi connectivity index (χ1n) is 5.79. The van der Waals surface area contributed by atoms with Crippen molar-refractivity contribution in [1.29, 1.82) is 0 Å². The smallest absolute Gasteiger partial charge is 0.123 e. The van der Waals surface area contributed by atoms with Crippen LogP contribution >= 0.6 is 11.6 Å². The van der Waals surface area contributed by atoms with E-state index in [1.165, 1.54) is 22.3 Å². The molecule has 0 aliphatic heterocycles. The minimum atomic E-state index is 0.524. The van der Waals surface area contributed by atoms with Gasteiger partial charge in [-0.3, -0.25) is 0 Å². The first-order chi connectivity index (χ1) is 8.40. The van der Waals surface area contributed by atoms with Crippen molar-refractivity contribution in [3.63, 3.8) is 0 Å². The number of hydrogen-bond donors (Lipinski definition) is 0. The van der Waals surface area contributed by atoms with E-state index in [1.807, 2.05) is 12.1 Å². The summed E-state index contributed by atoms with van der Waals surface area (Å²) in [5.41, 5.74) is 5.30. The molecule has 1 aliphatic carbocycles. The van der Waals surface area contributed by atoms with Crippen molar-refractivity contribution in [2.75, 3.05) is 12.5 Å². The molecule has 1 nitrogen and oxygen atoms in total. The zero-order valence-corrected chi connectivity index (χ0v) is 10.2. The average Bonchev–Trinajstić information content (AvgIpc) is 2.75. The van der Waals surface area contributed by atoms with Gasteiger partial charge >= 0.3 is 0 Å². The fourth-order valence-corrected chi connectivity index (χ4v) is 2.49. The highest BCUT2D eigenvalue weighted by atomic mass is 35.5. The van der Waals surface area contributed by atoms with Crippen LogP contribution in [-0.4, -0.2) is 12.5 Å². The molecule has 0 saturated heterocycles. The van der Waals surface area contributed by atoms with Crippen molar-refractivity contribution in [3.05, 3.63) is 53.6 Å². The maximum absolute atomic E-state index is 5.70. The number of halogens is 1. The van der Waals surface area contributed by atoms with Crippen LogP contribution in [-0.2, 0) is 6.42 Å². The van der Waals surface area contributed by atoms with Gasteiger partial charge in [-0.2, -0.15) is 0 Å². The van der Waals surface area contributed by atoms with Crippen LogP contribution < -0.4 is 4.74 Å². The van der Waals surface area contributed by atoms with Gasteiger partial charge in [0.05, 0.1) is 5.88 Å². The molecule has 2 aromatic rings. The Labute approximate surface area is 106 Å². The van der Waals surface area contributed by atoms with Crippen LogP contribution in [0.4, 0.5) is 0 Å². The molecule has 0 amide bonds. The van der Waals surface area contributed by atoms with Crippen LogP contribution in [0.3, 0.4) is 0 Å². The van der Waals surface area contributed by atoms with E-state index in [9.17, 15) is 0 Å². The summed E-state index contributed by atoms with van der Waals surface area (Å²) in [6.45, 7) is 0.564. The zero-order chi connectivity index (χ0) is 11.7. The Morgan fingerprint density at radius 2 is 1.82 bits per heavy atom. The summed E-state index contributed by atoms with van der Waals surface area (Å²) in [4.78, 5) is 0. The van der Waals surface area contributed by atoms with E-state index < -0.39 is 0 Å². The molecular formula is C15H13ClO. The number of alkyl halides is 1. The minimum absolute atomic E-state index is 0.524. The van der Waals surface area contributed by atoms with Gasteiger partial charge in [0.2, 0.25) is 0 Å². The summed E-state index contributed by atoms with van der Waals surface area (Å²) in [7, 11) is 0. The Balaban J connectivity index is 2.05. The van der Waals surface area contributed by atoms with Gasteiger partial charge in [0, 0.05) is 12.0 Å². The average molecular weight is 245 g/mol. The van der Waals surface area contributed by atoms with Gasteiger partial charge in [-0.05, 0) is 22.8 Å². The molecule has 86 valence electrons. The summed E-state index contributed by atoms with van der Waals surface area (Å²) < 4.78 is 5.70. The summed E-state index contributed by atoms with van der Waals surface area (Å²) in [5, 5.41) is 0. The van der Waals surface area contributed by atoms with Crippen LogP contribution in [0, 0.1) is 0 Å². The predicted molar refractivity (Wildman–Crippen MR) is 70.9 cm³/mol. The van der Waals surface area contributed by atoms with Gasteiger partial charge in [0.25, 0.3) is 0 Å². The van der Waals surface area contributed by atoms with Crippen molar-refractivity contribution in [2.45, 2.75) is 6.42 Å². The summed E-state index contributed by atoms with van der Waals surface area (Å²) in [6, 6.07) is 14.8. The Morgan fingerprint density at radius 3 is 2.71 bits per heavy atom. The van der Waals surface area contributed by atoms with E-state index >= 15 is 0 Å². The zero-order valence-electron chi connectivity index (χ0n) is 9.45. The topological polar surface area (TPSA) is 9.23 Å². The van der Waals surface area contributed by atoms with Crippen molar-refractivity contribution in [3.8, 4) is 16.9 Å². The molecule has 17 heavy (non-hydrogen) atoms. The van der Waals surface area contributed by atoms with E-state index in [0.29, 0.717) is 12.5 Å². The molecule has 2 aromatic carbocycles. The number of fused-ring (bicyclic) bond motifs is 3. The molecule has 0 N–H and O–H groups in total. The van der Waals surface area contributed by atoms with Crippen LogP contribution in [0.2, 0.25) is 0 Å². The van der Waals surface area contributed by atoms with E-state index in [1.54, 1.807) is 0 Å². The molecule has 0 aromatic heterocycles. The van der Waals surface area contributed by atoms with E-state index in [4.69, 9.17) is 16.3 Å². The van der Waals surface area contributed by atoms with Gasteiger partial charge < -0.3 is 4.74 Å². The number of rotatable bonds is 3. The fourth-order valence-electron chi connectivity index (χ4n) is 2.41. The Kier molecular flexibility index (Phi) is 2.77. The molecule has 0 fully saturated rings. The Bertz CT molecular complexity index is 548. The van der Waals surface area contributed by atoms with Gasteiger partial charge in [0.15, 0.2) is 0 Å². The lowest BCUT2D eigenvalue weighted by Gasteiger charge is -2.09. The van der Waals surface area contributed by atoms with Crippen molar-refractivity contribution in [1.82, 2.24) is 0 Å². The molecule has 1 aliphatic rings. The molecule has 0 radical (unpaired) electrons. The highest BCUT2D eigenvalue weighted by molar-refractivity contribution is 6.18. The highest BCUT2D eigenvalue weighted by Gasteiger charge is 2.20. The predicted octanol–water partition coefficient (Wildman–Crippen LogP) is 3.88. The lowest BCUT2D eigenvalue weighted by molar-refractivity contribution is 0.340. The van der Waals surface area contributed by atoms with Crippen molar-refractivity contribution >= 4 is 11.6 Å². The molecule has 2 heteroatoms. The van der Waals surface area contributed by atoms with Gasteiger partial charge in [-0.1, -0.05) is 36.4 Å². The molecular weight excluding hydrogens is 232 g/mol. The van der Waals surface area contributed by atoms with Crippen molar-refractivity contribution in [2.24, 2.45) is 0 Å². The second-order valence-electron chi connectivity index (χ2n) is 4.15. The number of hydrogen-bond acceptors (Lipinski definition) is 1. The lowest BCUT2D eigenvalue weighted by Crippen LogP contribution is -2.00. The Hall–Kier alpha value is -1.47. The molecule has 0 bridgehead atoms. The third-order valence-corrected chi connectivity index (χ3v) is 3.30. The third kappa shape index (κ3) is 1.81. The second-order valence-corrected chi connectivity index (χ2v) is 4.53. The lowest BCUT2D eigenvalue weighted by atomic mass is 10.1. The molecule has 0 saturated carbocycles. The first kappa shape index (κ1) is 10.7. The molecule has 0 spiro atoms. The van der Waals surface area contributed by atoms with Crippen LogP contribution in [0.15, 0.2) is 42.5 Å². The number of benzene rings is 2. The summed E-state index contributed by atoms with van der Waals surface area (Å²) >= 11 is 5.67. The van der Waals surface area contributed by atoms with Gasteiger partial charge in [-0.15, -0.1) is 11.6 Å². The second kappa shape index (κ2) is 4.42. The Morgan fingerprint density at radius 1 is 1.00 bits per heavy atom. The normalized spacial score (nSPS) is 12.1. The maximum Gasteiger partial charge on any atom is 0.123 e. The molecule has 3 rings (SSSR count). The quantitative estimate of drug-likeness (QED) is 0.636. The largest absolute Gasteiger partial charge is 0.492 e. The van der Waals surface area contributed by atoms with Crippen LogP contribution in [0.1, 0.15) is 11.1 Å². The van der Waals surface area contributed by atoms with E-state index in [0.717, 1.165) is 12.2 Å². The van der Waals surface area contributed by atoms with Gasteiger partial charge in [-0.25, -0.2) is 0 Å². The third-order valence-electron chi connectivity index (χ3n) is 3.14. The molecule has 0 heterocycles. The highest BCUT2D eigenvalue weighted by Crippen LogP contribution is 2.40. The summed E-state index contributed by atoms with van der Waals surface area (Å²) in [5.74, 6) is 1.50. The first-order valence-corrected chi connectivity index (χ1v) is 6.32. The van der Waals surface area contributed by atoms with Crippen LogP contribution in [0.25, 0.3) is 11.1 Å².